The number of halogens is 3. The number of hydrogen-bond acceptors (Lipinski definition) is 9. The van der Waals surface area contributed by atoms with Gasteiger partial charge in [-0.3, -0.25) is 0 Å². The molecule has 2 aliphatic rings. The molecule has 0 saturated carbocycles. The van der Waals surface area contributed by atoms with Crippen molar-refractivity contribution in [1.82, 2.24) is 15.0 Å². The molecule has 0 spiro atoms. The third-order valence-corrected chi connectivity index (χ3v) is 5.78. The molecule has 4 heterocycles. The first-order valence-electron chi connectivity index (χ1n) is 12.6. The number of aliphatic hydroxyl groups excluding tert-OH is 1. The number of hydrogen-bond donors (Lipinski definition) is 3. The van der Waals surface area contributed by atoms with E-state index in [1.54, 1.807) is 20.8 Å². The Hall–Kier alpha value is -2.77. The molecule has 0 aliphatic carbocycles. The van der Waals surface area contributed by atoms with Crippen molar-refractivity contribution >= 4 is 22.8 Å². The number of nitrogens with two attached hydrogens (primary N) is 1. The average molecular weight is 573 g/mol. The molecule has 5 rings (SSSR count). The number of rotatable bonds is 6. The van der Waals surface area contributed by atoms with Crippen LogP contribution in [0.1, 0.15) is 40.2 Å². The van der Waals surface area contributed by atoms with Crippen molar-refractivity contribution in [3.05, 3.63) is 40.4 Å². The number of aliphatic hydroxyl groups is 1. The molecule has 1 aromatic carbocycles. The molecule has 39 heavy (non-hydrogen) atoms. The lowest BCUT2D eigenvalue weighted by molar-refractivity contribution is 0.00706. The first kappa shape index (κ1) is 30.8. The SMILES string of the molecule is CC.CC(C)(C)Oc1cc(F)c(COc2nc3nc(O[C@@H]4COC5[C@H](O)CO[C@@H]54)[nH]c3cc2Cl)c(F)c1.CN. The van der Waals surface area contributed by atoms with E-state index in [-0.39, 0.29) is 47.1 Å². The van der Waals surface area contributed by atoms with Gasteiger partial charge in [0.1, 0.15) is 52.9 Å². The zero-order valence-corrected chi connectivity index (χ0v) is 23.5. The van der Waals surface area contributed by atoms with Crippen LogP contribution in [0.3, 0.4) is 0 Å². The van der Waals surface area contributed by atoms with Crippen molar-refractivity contribution in [2.24, 2.45) is 5.73 Å². The Kier molecular flexibility index (Phi) is 10.3. The van der Waals surface area contributed by atoms with E-state index in [2.05, 4.69) is 20.7 Å². The molecule has 1 unspecified atom stereocenters. The van der Waals surface area contributed by atoms with Gasteiger partial charge >= 0.3 is 0 Å². The molecule has 2 aliphatic heterocycles. The summed E-state index contributed by atoms with van der Waals surface area (Å²) in [6.07, 6.45) is -1.99. The van der Waals surface area contributed by atoms with Crippen molar-refractivity contribution in [3.8, 4) is 17.6 Å². The predicted octanol–water partition coefficient (Wildman–Crippen LogP) is 4.15. The number of fused-ring (bicyclic) bond motifs is 2. The summed E-state index contributed by atoms with van der Waals surface area (Å²) in [5.41, 5.74) is 4.32. The maximum atomic E-state index is 14.5. The van der Waals surface area contributed by atoms with E-state index in [9.17, 15) is 13.9 Å². The zero-order valence-electron chi connectivity index (χ0n) is 22.8. The molecule has 0 amide bonds. The smallest absolute Gasteiger partial charge is 0.296 e. The molecule has 0 bridgehead atoms. The molecule has 4 atom stereocenters. The lowest BCUT2D eigenvalue weighted by atomic mass is 10.1. The maximum Gasteiger partial charge on any atom is 0.296 e. The molecular weight excluding hydrogens is 538 g/mol. The third kappa shape index (κ3) is 7.25. The first-order chi connectivity index (χ1) is 18.6. The van der Waals surface area contributed by atoms with Gasteiger partial charge in [-0.2, -0.15) is 9.97 Å². The lowest BCUT2D eigenvalue weighted by Crippen LogP contribution is -2.34. The normalized spacial score (nSPS) is 21.9. The summed E-state index contributed by atoms with van der Waals surface area (Å²) in [5.74, 6) is -1.59. The Morgan fingerprint density at radius 2 is 1.72 bits per heavy atom. The summed E-state index contributed by atoms with van der Waals surface area (Å²) >= 11 is 6.26. The number of pyridine rings is 1. The Morgan fingerprint density at radius 1 is 1.08 bits per heavy atom. The molecule has 2 saturated heterocycles. The van der Waals surface area contributed by atoms with Gasteiger partial charge in [0.05, 0.1) is 24.3 Å². The highest BCUT2D eigenvalue weighted by Gasteiger charge is 2.48. The number of nitrogens with one attached hydrogen (secondary N) is 1. The molecule has 13 heteroatoms. The maximum absolute atomic E-state index is 14.5. The van der Waals surface area contributed by atoms with Crippen LogP contribution >= 0.6 is 11.6 Å². The second kappa shape index (κ2) is 13.1. The number of H-pyrrole nitrogens is 1. The van der Waals surface area contributed by atoms with Crippen LogP contribution in [0.15, 0.2) is 18.2 Å². The summed E-state index contributed by atoms with van der Waals surface area (Å²) in [6.45, 7) is 9.31. The second-order valence-electron chi connectivity index (χ2n) is 9.38. The van der Waals surface area contributed by atoms with E-state index in [1.807, 2.05) is 13.8 Å². The van der Waals surface area contributed by atoms with Gasteiger partial charge in [-0.25, -0.2) is 8.78 Å². The van der Waals surface area contributed by atoms with Crippen LogP contribution in [-0.4, -0.2) is 70.3 Å². The molecule has 2 aromatic heterocycles. The standard InChI is InChI=1S/C23H24ClF2N3O6.C2H6.CH5N/c1-23(2,3)35-10-4-13(25)11(14(26)5-10)7-33-21-12(24)6-15-20(28-21)29-22(27-15)34-17-9-32-18-16(30)8-31-19(17)18;2*1-2/h4-6,16-19,30H,7-9H2,1-3H3,(H,27,28,29);1-2H3;2H2,1H3/t16-,17-,18?,19-;;/m1../s1. The van der Waals surface area contributed by atoms with Gasteiger partial charge in [-0.15, -0.1) is 0 Å². The fourth-order valence-corrected chi connectivity index (χ4v) is 4.20. The number of aromatic nitrogens is 3. The van der Waals surface area contributed by atoms with E-state index in [4.69, 9.17) is 35.3 Å². The highest BCUT2D eigenvalue weighted by atomic mass is 35.5. The Balaban J connectivity index is 0.00000100. The van der Waals surface area contributed by atoms with Crippen molar-refractivity contribution in [2.45, 2.75) is 71.2 Å². The summed E-state index contributed by atoms with van der Waals surface area (Å²) in [6, 6.07) is 3.89. The quantitative estimate of drug-likeness (QED) is 0.398. The number of aromatic amines is 1. The fourth-order valence-electron chi connectivity index (χ4n) is 4.00. The van der Waals surface area contributed by atoms with E-state index in [0.717, 1.165) is 12.1 Å². The van der Waals surface area contributed by atoms with Gasteiger partial charge in [0.2, 0.25) is 5.88 Å². The van der Waals surface area contributed by atoms with E-state index in [0.29, 0.717) is 5.52 Å². The minimum absolute atomic E-state index is 0.0439. The first-order valence-corrected chi connectivity index (χ1v) is 13.0. The fraction of sp³-hybridized carbons (Fsp3) is 0.538. The lowest BCUT2D eigenvalue weighted by Gasteiger charge is -2.21. The van der Waals surface area contributed by atoms with Crippen molar-refractivity contribution in [2.75, 3.05) is 20.3 Å². The molecular formula is C26H35ClF2N4O6. The van der Waals surface area contributed by atoms with Gasteiger partial charge in [-0.05, 0) is 33.9 Å². The number of imidazole rings is 1. The Labute approximate surface area is 230 Å². The summed E-state index contributed by atoms with van der Waals surface area (Å²) in [4.78, 5) is 11.5. The summed E-state index contributed by atoms with van der Waals surface area (Å²) in [7, 11) is 1.50. The number of nitrogens with zero attached hydrogens (tertiary/aromatic N) is 2. The van der Waals surface area contributed by atoms with Gasteiger partial charge in [0, 0.05) is 12.1 Å². The van der Waals surface area contributed by atoms with Crippen molar-refractivity contribution < 1.29 is 37.6 Å². The molecule has 3 aromatic rings. The molecule has 4 N–H and O–H groups in total. The topological polar surface area (TPSA) is 134 Å². The highest BCUT2D eigenvalue weighted by Crippen LogP contribution is 2.32. The minimum atomic E-state index is -0.812. The second-order valence-corrected chi connectivity index (χ2v) is 9.78. The number of ether oxygens (including phenoxy) is 5. The summed E-state index contributed by atoms with van der Waals surface area (Å²) < 4.78 is 57.0. The van der Waals surface area contributed by atoms with Crippen LogP contribution in [0.2, 0.25) is 5.02 Å². The average Bonchev–Trinajstić information content (AvgIpc) is 3.57. The molecule has 10 nitrogen and oxygen atoms in total. The van der Waals surface area contributed by atoms with Crippen LogP contribution in [-0.2, 0) is 16.1 Å². The van der Waals surface area contributed by atoms with Crippen molar-refractivity contribution in [1.29, 1.82) is 0 Å². The third-order valence-electron chi connectivity index (χ3n) is 5.51. The van der Waals surface area contributed by atoms with Gasteiger partial charge in [0.15, 0.2) is 11.8 Å². The van der Waals surface area contributed by atoms with Crippen LogP contribution in [0.5, 0.6) is 17.6 Å². The molecule has 2 fully saturated rings. The Morgan fingerprint density at radius 3 is 2.36 bits per heavy atom. The number of benzene rings is 1. The van der Waals surface area contributed by atoms with Crippen LogP contribution in [0.25, 0.3) is 11.2 Å². The minimum Gasteiger partial charge on any atom is -0.488 e. The van der Waals surface area contributed by atoms with Crippen LogP contribution in [0.4, 0.5) is 8.78 Å². The summed E-state index contributed by atoms with van der Waals surface area (Å²) in [5, 5.41) is 9.98. The predicted molar refractivity (Wildman–Crippen MR) is 141 cm³/mol. The van der Waals surface area contributed by atoms with Crippen LogP contribution in [0, 0.1) is 11.6 Å². The Bertz CT molecular complexity index is 1230. The largest absolute Gasteiger partial charge is 0.488 e. The monoisotopic (exact) mass is 572 g/mol. The van der Waals surface area contributed by atoms with Gasteiger partial charge in [-0.1, -0.05) is 25.4 Å². The van der Waals surface area contributed by atoms with E-state index < -0.39 is 48.3 Å². The van der Waals surface area contributed by atoms with Crippen molar-refractivity contribution in [3.63, 3.8) is 0 Å². The highest BCUT2D eigenvalue weighted by molar-refractivity contribution is 6.32. The van der Waals surface area contributed by atoms with Gasteiger partial charge < -0.3 is 39.5 Å². The van der Waals surface area contributed by atoms with E-state index >= 15 is 0 Å². The molecule has 0 radical (unpaired) electrons. The van der Waals surface area contributed by atoms with Gasteiger partial charge in [0.25, 0.3) is 6.01 Å². The zero-order chi connectivity index (χ0) is 28.9. The van der Waals surface area contributed by atoms with E-state index in [1.165, 1.54) is 13.1 Å². The van der Waals surface area contributed by atoms with Crippen LogP contribution < -0.4 is 19.9 Å². The molecule has 216 valence electrons.